The van der Waals surface area contributed by atoms with E-state index in [1.54, 1.807) is 7.11 Å². The van der Waals surface area contributed by atoms with Crippen molar-refractivity contribution < 1.29 is 19.1 Å². The van der Waals surface area contributed by atoms with E-state index in [1.807, 2.05) is 48.5 Å². The molecule has 0 radical (unpaired) electrons. The fourth-order valence-corrected chi connectivity index (χ4v) is 4.18. The smallest absolute Gasteiger partial charge is 0.325 e. The molecule has 0 unspecified atom stereocenters. The summed E-state index contributed by atoms with van der Waals surface area (Å²) in [6, 6.07) is 14.7. The lowest BCUT2D eigenvalue weighted by molar-refractivity contribution is -0.135. The predicted molar refractivity (Wildman–Crippen MR) is 106 cm³/mol. The fourth-order valence-electron chi connectivity index (χ4n) is 4.18. The van der Waals surface area contributed by atoms with Gasteiger partial charge in [-0.15, -0.1) is 0 Å². The van der Waals surface area contributed by atoms with E-state index >= 15 is 0 Å². The van der Waals surface area contributed by atoms with E-state index in [0.29, 0.717) is 19.4 Å². The Kier molecular flexibility index (Phi) is 4.96. The maximum Gasteiger partial charge on any atom is 0.325 e. The lowest BCUT2D eigenvalue weighted by Crippen LogP contribution is -2.44. The zero-order valence-electron chi connectivity index (χ0n) is 16.2. The van der Waals surface area contributed by atoms with Crippen molar-refractivity contribution in [3.05, 3.63) is 65.2 Å². The molecular formula is C22H23N3O4. The Hall–Kier alpha value is -3.35. The second-order valence-electron chi connectivity index (χ2n) is 7.30. The number of fused-ring (bicyclic) bond motifs is 2. The summed E-state index contributed by atoms with van der Waals surface area (Å²) < 4.78 is 5.30. The largest absolute Gasteiger partial charge is 0.496 e. The van der Waals surface area contributed by atoms with E-state index < -0.39 is 11.6 Å². The van der Waals surface area contributed by atoms with Gasteiger partial charge in [0.05, 0.1) is 7.11 Å². The van der Waals surface area contributed by atoms with E-state index in [4.69, 9.17) is 4.74 Å². The van der Waals surface area contributed by atoms with Crippen molar-refractivity contribution in [2.75, 3.05) is 20.2 Å². The van der Waals surface area contributed by atoms with Gasteiger partial charge in [0.2, 0.25) is 5.91 Å². The monoisotopic (exact) mass is 393 g/mol. The first-order valence-corrected chi connectivity index (χ1v) is 9.66. The van der Waals surface area contributed by atoms with Crippen molar-refractivity contribution >= 4 is 17.8 Å². The molecule has 1 spiro atoms. The Morgan fingerprint density at radius 3 is 2.76 bits per heavy atom. The first-order valence-electron chi connectivity index (χ1n) is 9.66. The zero-order valence-corrected chi connectivity index (χ0v) is 16.2. The van der Waals surface area contributed by atoms with E-state index in [9.17, 15) is 14.4 Å². The molecule has 4 rings (SSSR count). The molecule has 1 aliphatic carbocycles. The molecular weight excluding hydrogens is 370 g/mol. The molecule has 29 heavy (non-hydrogen) atoms. The summed E-state index contributed by atoms with van der Waals surface area (Å²) >= 11 is 0. The highest BCUT2D eigenvalue weighted by Gasteiger charge is 2.55. The maximum atomic E-state index is 13.1. The van der Waals surface area contributed by atoms with Crippen LogP contribution in [0.3, 0.4) is 0 Å². The van der Waals surface area contributed by atoms with Crippen LogP contribution in [-0.4, -0.2) is 42.9 Å². The number of aryl methyl sites for hydroxylation is 1. The molecule has 7 heteroatoms. The van der Waals surface area contributed by atoms with Gasteiger partial charge in [-0.05, 0) is 42.0 Å². The Morgan fingerprint density at radius 1 is 1.17 bits per heavy atom. The molecule has 150 valence electrons. The number of hydrogen-bond acceptors (Lipinski definition) is 4. The van der Waals surface area contributed by atoms with Crippen LogP contribution in [0.5, 0.6) is 5.75 Å². The first-order chi connectivity index (χ1) is 14.0. The van der Waals surface area contributed by atoms with Crippen molar-refractivity contribution in [3.8, 4) is 5.75 Å². The zero-order chi connectivity index (χ0) is 20.4. The van der Waals surface area contributed by atoms with Crippen LogP contribution in [0.2, 0.25) is 0 Å². The minimum Gasteiger partial charge on any atom is -0.496 e. The summed E-state index contributed by atoms with van der Waals surface area (Å²) in [5, 5.41) is 5.61. The molecule has 2 aliphatic rings. The summed E-state index contributed by atoms with van der Waals surface area (Å²) in [5.74, 6) is 0.0387. The van der Waals surface area contributed by atoms with Crippen LogP contribution in [0.1, 0.15) is 23.1 Å². The molecule has 1 saturated heterocycles. The number of amides is 4. The minimum atomic E-state index is -1.04. The number of nitrogens with one attached hydrogen (secondary N) is 2. The molecule has 0 bridgehead atoms. The summed E-state index contributed by atoms with van der Waals surface area (Å²) in [4.78, 5) is 38.9. The van der Waals surface area contributed by atoms with Crippen LogP contribution in [0, 0.1) is 0 Å². The Morgan fingerprint density at radius 2 is 1.93 bits per heavy atom. The van der Waals surface area contributed by atoms with Gasteiger partial charge in [0.15, 0.2) is 0 Å². The van der Waals surface area contributed by atoms with Gasteiger partial charge < -0.3 is 15.4 Å². The quantitative estimate of drug-likeness (QED) is 0.732. The maximum absolute atomic E-state index is 13.1. The number of carbonyl (C=O) groups is 3. The van der Waals surface area contributed by atoms with Crippen molar-refractivity contribution in [3.63, 3.8) is 0 Å². The molecule has 1 aliphatic heterocycles. The van der Waals surface area contributed by atoms with Gasteiger partial charge in [-0.1, -0.05) is 42.5 Å². The number of benzene rings is 2. The predicted octanol–water partition coefficient (Wildman–Crippen LogP) is 1.75. The van der Waals surface area contributed by atoms with Gasteiger partial charge in [-0.25, -0.2) is 4.79 Å². The topological polar surface area (TPSA) is 87.7 Å². The molecule has 2 aromatic carbocycles. The number of ether oxygens (including phenoxy) is 1. The van der Waals surface area contributed by atoms with Crippen LogP contribution >= 0.6 is 0 Å². The Balaban J connectivity index is 1.38. The number of nitrogens with zero attached hydrogens (tertiary/aromatic N) is 1. The van der Waals surface area contributed by atoms with Crippen molar-refractivity contribution in [2.45, 2.75) is 24.8 Å². The van der Waals surface area contributed by atoms with E-state index in [-0.39, 0.29) is 18.4 Å². The molecule has 7 nitrogen and oxygen atoms in total. The number of methoxy groups -OCH3 is 1. The van der Waals surface area contributed by atoms with Crippen LogP contribution in [-0.2, 0) is 28.0 Å². The highest BCUT2D eigenvalue weighted by molar-refractivity contribution is 6.09. The third kappa shape index (κ3) is 3.33. The number of carbonyl (C=O) groups excluding carboxylic acids is 3. The molecule has 0 aromatic heterocycles. The number of hydrogen-bond donors (Lipinski definition) is 2. The number of para-hydroxylation sites is 1. The average Bonchev–Trinajstić information content (AvgIpc) is 3.22. The number of rotatable bonds is 6. The minimum absolute atomic E-state index is 0.291. The molecule has 2 N–H and O–H groups in total. The van der Waals surface area contributed by atoms with Crippen molar-refractivity contribution in [1.29, 1.82) is 0 Å². The highest BCUT2D eigenvalue weighted by Crippen LogP contribution is 2.41. The van der Waals surface area contributed by atoms with Gasteiger partial charge in [0.25, 0.3) is 5.91 Å². The van der Waals surface area contributed by atoms with Gasteiger partial charge in [-0.3, -0.25) is 14.5 Å². The first kappa shape index (κ1) is 19.0. The molecule has 0 saturated carbocycles. The second-order valence-corrected chi connectivity index (χ2v) is 7.30. The van der Waals surface area contributed by atoms with Gasteiger partial charge >= 0.3 is 6.03 Å². The van der Waals surface area contributed by atoms with E-state index in [2.05, 4.69) is 10.6 Å². The Labute approximate surface area is 169 Å². The molecule has 1 heterocycles. The normalized spacial score (nSPS) is 20.0. The standard InChI is InChI=1S/C22H23N3O4/c1-29-18-9-5-3-7-16(18)11-13-23-19(26)14-25-20(27)22(24-21(25)28)12-10-15-6-2-4-8-17(15)22/h2-9H,10-14H2,1H3,(H,23,26)(H,24,28)/t22-/m1/s1. The average molecular weight is 393 g/mol. The van der Waals surface area contributed by atoms with Gasteiger partial charge in [0, 0.05) is 6.54 Å². The SMILES string of the molecule is COc1ccccc1CCNC(=O)CN1C(=O)N[C@@]2(CCc3ccccc32)C1=O. The third-order valence-electron chi connectivity index (χ3n) is 5.63. The molecule has 2 aromatic rings. The molecule has 1 atom stereocenters. The number of imide groups is 1. The number of urea groups is 1. The molecule has 1 fully saturated rings. The van der Waals surface area contributed by atoms with Crippen LogP contribution in [0.4, 0.5) is 4.79 Å². The van der Waals surface area contributed by atoms with Crippen LogP contribution in [0.15, 0.2) is 48.5 Å². The molecule has 4 amide bonds. The third-order valence-corrected chi connectivity index (χ3v) is 5.63. The van der Waals surface area contributed by atoms with Crippen molar-refractivity contribution in [1.82, 2.24) is 15.5 Å². The van der Waals surface area contributed by atoms with Crippen molar-refractivity contribution in [2.24, 2.45) is 0 Å². The fraction of sp³-hybridized carbons (Fsp3) is 0.318. The van der Waals surface area contributed by atoms with E-state index in [1.165, 1.54) is 0 Å². The Bertz CT molecular complexity index is 974. The summed E-state index contributed by atoms with van der Waals surface area (Å²) in [5.41, 5.74) is 1.83. The van der Waals surface area contributed by atoms with Crippen LogP contribution in [0.25, 0.3) is 0 Å². The van der Waals surface area contributed by atoms with Gasteiger partial charge in [0.1, 0.15) is 17.8 Å². The summed E-state index contributed by atoms with van der Waals surface area (Å²) in [7, 11) is 1.60. The lowest BCUT2D eigenvalue weighted by Gasteiger charge is -2.22. The summed E-state index contributed by atoms with van der Waals surface area (Å²) in [6.45, 7) is 0.0946. The highest BCUT2D eigenvalue weighted by atomic mass is 16.5. The van der Waals surface area contributed by atoms with E-state index in [0.717, 1.165) is 33.8 Å². The second kappa shape index (κ2) is 7.58. The lowest BCUT2D eigenvalue weighted by atomic mass is 9.92. The summed E-state index contributed by atoms with van der Waals surface area (Å²) in [6.07, 6.45) is 1.83. The van der Waals surface area contributed by atoms with Crippen LogP contribution < -0.4 is 15.4 Å². The van der Waals surface area contributed by atoms with Gasteiger partial charge in [-0.2, -0.15) is 0 Å².